The number of likely N-dealkylation sites (tertiary alicyclic amines) is 1. The summed E-state index contributed by atoms with van der Waals surface area (Å²) in [6.07, 6.45) is 4.27. The fourth-order valence-corrected chi connectivity index (χ4v) is 6.01. The Morgan fingerprint density at radius 1 is 1.05 bits per heavy atom. The van der Waals surface area contributed by atoms with Crippen molar-refractivity contribution >= 4 is 26.8 Å². The molecule has 0 aliphatic carbocycles. The van der Waals surface area contributed by atoms with Gasteiger partial charge < -0.3 is 14.1 Å². The molecule has 4 aromatic rings. The number of pyridine rings is 2. The van der Waals surface area contributed by atoms with E-state index >= 15 is 0 Å². The number of carbonyl (C=O) groups excluding carboxylic acids is 1. The van der Waals surface area contributed by atoms with E-state index in [0.717, 1.165) is 17.5 Å². The van der Waals surface area contributed by atoms with E-state index in [9.17, 15) is 13.2 Å². The summed E-state index contributed by atoms with van der Waals surface area (Å²) in [6.45, 7) is 6.19. The number of sulfone groups is 1. The van der Waals surface area contributed by atoms with Crippen LogP contribution in [-0.2, 0) is 14.6 Å². The van der Waals surface area contributed by atoms with E-state index in [-0.39, 0.29) is 23.1 Å². The van der Waals surface area contributed by atoms with Crippen molar-refractivity contribution in [1.29, 1.82) is 0 Å². The Bertz CT molecular complexity index is 1620. The molecule has 5 heterocycles. The van der Waals surface area contributed by atoms with Crippen LogP contribution in [0.2, 0.25) is 0 Å². The minimum Gasteiger partial charge on any atom is -0.454 e. The highest BCUT2D eigenvalue weighted by Gasteiger charge is 2.41. The van der Waals surface area contributed by atoms with E-state index in [1.54, 1.807) is 33.0 Å². The Kier molecular flexibility index (Phi) is 5.47. The number of amides is 1. The Labute approximate surface area is 215 Å². The molecule has 2 aliphatic heterocycles. The molecule has 2 aliphatic rings. The molecular formula is C28H27N3O5S. The molecule has 0 radical (unpaired) electrons. The van der Waals surface area contributed by atoms with E-state index in [0.29, 0.717) is 41.1 Å². The normalized spacial score (nSPS) is 19.6. The van der Waals surface area contributed by atoms with Gasteiger partial charge >= 0.3 is 0 Å². The first kappa shape index (κ1) is 23.8. The zero-order valence-electron chi connectivity index (χ0n) is 20.8. The van der Waals surface area contributed by atoms with Gasteiger partial charge in [-0.1, -0.05) is 12.1 Å². The summed E-state index contributed by atoms with van der Waals surface area (Å²) in [5, 5.41) is 0.0259. The maximum Gasteiger partial charge on any atom is 0.254 e. The van der Waals surface area contributed by atoms with Gasteiger partial charge in [-0.25, -0.2) is 13.4 Å². The zero-order chi connectivity index (χ0) is 25.9. The van der Waals surface area contributed by atoms with Crippen LogP contribution in [0.4, 0.5) is 0 Å². The number of carbonyl (C=O) groups is 1. The van der Waals surface area contributed by atoms with Crippen molar-refractivity contribution in [2.45, 2.75) is 49.1 Å². The number of furan rings is 1. The minimum atomic E-state index is -3.56. The predicted molar refractivity (Wildman–Crippen MR) is 139 cm³/mol. The SMILES string of the molecule is CC(C)(C)S(=O)(=O)c1ccc(-c2cc3nccc(-c4cccc(C(=O)N5C[C@H]6C[C@@H]5CO6)c4)c3o2)cn1. The smallest absolute Gasteiger partial charge is 0.254 e. The average Bonchev–Trinajstić information content (AvgIpc) is 3.63. The van der Waals surface area contributed by atoms with Gasteiger partial charge in [-0.15, -0.1) is 0 Å². The summed E-state index contributed by atoms with van der Waals surface area (Å²) >= 11 is 0. The number of aromatic nitrogens is 2. The first-order valence-electron chi connectivity index (χ1n) is 12.2. The molecule has 2 saturated heterocycles. The highest BCUT2D eigenvalue weighted by atomic mass is 32.2. The van der Waals surface area contributed by atoms with Crippen molar-refractivity contribution in [3.63, 3.8) is 0 Å². The monoisotopic (exact) mass is 517 g/mol. The molecule has 190 valence electrons. The van der Waals surface area contributed by atoms with E-state index in [4.69, 9.17) is 9.15 Å². The Hall–Kier alpha value is -3.56. The van der Waals surface area contributed by atoms with Gasteiger partial charge in [0.05, 0.1) is 23.5 Å². The van der Waals surface area contributed by atoms with Crippen LogP contribution < -0.4 is 0 Å². The van der Waals surface area contributed by atoms with Gasteiger partial charge in [0.1, 0.15) is 11.3 Å². The van der Waals surface area contributed by atoms with E-state index in [1.807, 2.05) is 41.3 Å². The summed E-state index contributed by atoms with van der Waals surface area (Å²) in [7, 11) is -3.56. The molecule has 2 atom stereocenters. The third-order valence-corrected chi connectivity index (χ3v) is 9.50. The van der Waals surface area contributed by atoms with E-state index in [1.165, 1.54) is 12.3 Å². The van der Waals surface area contributed by atoms with Gasteiger partial charge in [0.25, 0.3) is 5.91 Å². The molecule has 1 aromatic carbocycles. The van der Waals surface area contributed by atoms with Crippen molar-refractivity contribution in [1.82, 2.24) is 14.9 Å². The molecule has 6 rings (SSSR count). The van der Waals surface area contributed by atoms with Crippen LogP contribution in [0.15, 0.2) is 70.4 Å². The lowest BCUT2D eigenvalue weighted by Gasteiger charge is -2.27. The van der Waals surface area contributed by atoms with E-state index in [2.05, 4.69) is 9.97 Å². The number of ether oxygens (including phenoxy) is 1. The second kappa shape index (κ2) is 8.49. The van der Waals surface area contributed by atoms with Crippen molar-refractivity contribution in [2.75, 3.05) is 13.2 Å². The molecule has 9 heteroatoms. The van der Waals surface area contributed by atoms with Gasteiger partial charge in [0, 0.05) is 41.7 Å². The number of nitrogens with zero attached hydrogens (tertiary/aromatic N) is 3. The van der Waals surface area contributed by atoms with Crippen molar-refractivity contribution in [2.24, 2.45) is 0 Å². The molecule has 3 aromatic heterocycles. The van der Waals surface area contributed by atoms with Crippen molar-refractivity contribution in [3.8, 4) is 22.5 Å². The summed E-state index contributed by atoms with van der Waals surface area (Å²) in [5.74, 6) is 0.543. The highest BCUT2D eigenvalue weighted by Crippen LogP contribution is 2.35. The van der Waals surface area contributed by atoms with E-state index < -0.39 is 14.6 Å². The largest absolute Gasteiger partial charge is 0.454 e. The van der Waals surface area contributed by atoms with Gasteiger partial charge in [0.15, 0.2) is 20.4 Å². The lowest BCUT2D eigenvalue weighted by atomic mass is 10.0. The fourth-order valence-electron chi connectivity index (χ4n) is 4.94. The molecule has 0 N–H and O–H groups in total. The minimum absolute atomic E-state index is 0.0134. The van der Waals surface area contributed by atoms with Crippen LogP contribution >= 0.6 is 0 Å². The first-order valence-corrected chi connectivity index (χ1v) is 13.7. The maximum absolute atomic E-state index is 13.2. The molecule has 1 amide bonds. The third-order valence-electron chi connectivity index (χ3n) is 7.10. The molecule has 8 nitrogen and oxygen atoms in total. The first-order chi connectivity index (χ1) is 17.6. The van der Waals surface area contributed by atoms with Crippen LogP contribution in [0, 0.1) is 0 Å². The summed E-state index contributed by atoms with van der Waals surface area (Å²) in [6, 6.07) is 14.6. The van der Waals surface area contributed by atoms with Crippen LogP contribution in [-0.4, -0.2) is 59.2 Å². The van der Waals surface area contributed by atoms with Crippen molar-refractivity contribution < 1.29 is 22.4 Å². The van der Waals surface area contributed by atoms with Gasteiger partial charge in [-0.05, 0) is 63.1 Å². The number of hydrogen-bond donors (Lipinski definition) is 0. The topological polar surface area (TPSA) is 103 Å². The summed E-state index contributed by atoms with van der Waals surface area (Å²) < 4.78 is 36.3. The fraction of sp³-hybridized carbons (Fsp3) is 0.321. The Balaban J connectivity index is 1.33. The van der Waals surface area contributed by atoms with Gasteiger partial charge in [-0.2, -0.15) is 0 Å². The molecule has 0 unspecified atom stereocenters. The quantitative estimate of drug-likeness (QED) is 0.385. The average molecular weight is 518 g/mol. The standard InChI is InChI=1S/C28H27N3O5S/c1-28(2,3)37(33,34)25-8-7-19(14-30-25)24-13-23-26(36-24)22(9-10-29-23)17-5-4-6-18(11-17)27(32)31-15-21-12-20(31)16-35-21/h4-11,13-14,20-21H,12,15-16H2,1-3H3/t20-,21-/m1/s1. The van der Waals surface area contributed by atoms with Crippen LogP contribution in [0.25, 0.3) is 33.6 Å². The number of morpholine rings is 1. The van der Waals surface area contributed by atoms with Crippen molar-refractivity contribution in [3.05, 3.63) is 66.5 Å². The molecule has 37 heavy (non-hydrogen) atoms. The van der Waals surface area contributed by atoms with Gasteiger partial charge in [0.2, 0.25) is 0 Å². The van der Waals surface area contributed by atoms with Crippen LogP contribution in [0.3, 0.4) is 0 Å². The zero-order valence-corrected chi connectivity index (χ0v) is 21.7. The Morgan fingerprint density at radius 3 is 2.57 bits per heavy atom. The predicted octanol–water partition coefficient (Wildman–Crippen LogP) is 4.74. The molecule has 2 fully saturated rings. The molecule has 2 bridgehead atoms. The lowest BCUT2D eigenvalue weighted by molar-refractivity contribution is 0.0259. The second-order valence-electron chi connectivity index (χ2n) is 10.6. The maximum atomic E-state index is 13.2. The number of rotatable bonds is 4. The van der Waals surface area contributed by atoms with Gasteiger partial charge in [-0.3, -0.25) is 9.78 Å². The summed E-state index contributed by atoms with van der Waals surface area (Å²) in [4.78, 5) is 23.8. The number of hydrogen-bond acceptors (Lipinski definition) is 7. The molecule has 0 saturated carbocycles. The van der Waals surface area contributed by atoms with Crippen LogP contribution in [0.5, 0.6) is 0 Å². The lowest BCUT2D eigenvalue weighted by Crippen LogP contribution is -2.41. The number of benzene rings is 1. The summed E-state index contributed by atoms with van der Waals surface area (Å²) in [5.41, 5.74) is 4.18. The highest BCUT2D eigenvalue weighted by molar-refractivity contribution is 7.92. The third kappa shape index (κ3) is 4.02. The molecule has 0 spiro atoms. The molecular weight excluding hydrogens is 490 g/mol. The number of fused-ring (bicyclic) bond motifs is 3. The second-order valence-corrected chi connectivity index (χ2v) is 13.2. The van der Waals surface area contributed by atoms with Crippen LogP contribution in [0.1, 0.15) is 37.6 Å². The Morgan fingerprint density at radius 2 is 1.89 bits per heavy atom.